The number of hydrogen-bond donors (Lipinski definition) is 1. The Morgan fingerprint density at radius 2 is 1.79 bits per heavy atom. The molecule has 0 aliphatic heterocycles. The first kappa shape index (κ1) is 18.7. The zero-order chi connectivity index (χ0) is 18.3. The summed E-state index contributed by atoms with van der Waals surface area (Å²) in [5, 5.41) is 9.42. The van der Waals surface area contributed by atoms with Crippen LogP contribution >= 0.6 is 11.3 Å². The standard InChI is InChI=1S/C18H22O4S2/c1-11-6-7-14(12(2)8-11)24(21,22)10-13-9-15(18(3,4)5)23-16(13)17(19)20/h6-9H,10H2,1-5H3,(H,19,20). The normalized spacial score (nSPS) is 12.4. The Balaban J connectivity index is 2.50. The Kier molecular flexibility index (Phi) is 4.93. The second-order valence-corrected chi connectivity index (χ2v) is 10.1. The number of carboxylic acid groups (broad SMARTS) is 1. The first-order chi connectivity index (χ1) is 10.9. The third kappa shape index (κ3) is 3.87. The molecule has 0 amide bonds. The summed E-state index contributed by atoms with van der Waals surface area (Å²) in [5.74, 6) is -1.38. The molecule has 0 spiro atoms. The van der Waals surface area contributed by atoms with Gasteiger partial charge in [-0.05, 0) is 42.5 Å². The topological polar surface area (TPSA) is 71.4 Å². The molecule has 0 bridgehead atoms. The van der Waals surface area contributed by atoms with E-state index in [9.17, 15) is 18.3 Å². The minimum atomic E-state index is -3.61. The van der Waals surface area contributed by atoms with Crippen LogP contribution in [0, 0.1) is 13.8 Å². The van der Waals surface area contributed by atoms with E-state index in [1.54, 1.807) is 25.1 Å². The van der Waals surface area contributed by atoms with E-state index in [2.05, 4.69) is 0 Å². The molecule has 6 heteroatoms. The third-order valence-corrected chi connectivity index (χ3v) is 7.16. The molecule has 0 fully saturated rings. The summed E-state index contributed by atoms with van der Waals surface area (Å²) in [5.41, 5.74) is 1.80. The van der Waals surface area contributed by atoms with Crippen molar-refractivity contribution in [2.75, 3.05) is 0 Å². The number of aromatic carboxylic acids is 1. The predicted molar refractivity (Wildman–Crippen MR) is 96.8 cm³/mol. The fourth-order valence-corrected chi connectivity index (χ4v) is 5.30. The zero-order valence-corrected chi connectivity index (χ0v) is 16.1. The van der Waals surface area contributed by atoms with Gasteiger partial charge in [-0.1, -0.05) is 38.5 Å². The molecule has 0 saturated carbocycles. The number of benzene rings is 1. The van der Waals surface area contributed by atoms with Crippen molar-refractivity contribution in [2.24, 2.45) is 0 Å². The van der Waals surface area contributed by atoms with Crippen LogP contribution in [-0.4, -0.2) is 19.5 Å². The first-order valence-electron chi connectivity index (χ1n) is 7.58. The number of hydrogen-bond acceptors (Lipinski definition) is 4. The molecular weight excluding hydrogens is 344 g/mol. The lowest BCUT2D eigenvalue weighted by atomic mass is 9.94. The lowest BCUT2D eigenvalue weighted by molar-refractivity contribution is 0.0701. The van der Waals surface area contributed by atoms with Gasteiger partial charge in [-0.15, -0.1) is 11.3 Å². The molecule has 24 heavy (non-hydrogen) atoms. The molecule has 2 rings (SSSR count). The predicted octanol–water partition coefficient (Wildman–Crippen LogP) is 4.33. The third-order valence-electron chi connectivity index (χ3n) is 3.75. The van der Waals surface area contributed by atoms with Crippen LogP contribution < -0.4 is 0 Å². The molecule has 0 saturated heterocycles. The van der Waals surface area contributed by atoms with Gasteiger partial charge in [0.05, 0.1) is 10.6 Å². The number of sulfone groups is 1. The first-order valence-corrected chi connectivity index (χ1v) is 10.0. The molecule has 0 unspecified atom stereocenters. The summed E-state index contributed by atoms with van der Waals surface area (Å²) in [6, 6.07) is 6.89. The Labute approximate surface area is 147 Å². The Morgan fingerprint density at radius 3 is 2.29 bits per heavy atom. The average molecular weight is 367 g/mol. The highest BCUT2D eigenvalue weighted by molar-refractivity contribution is 7.90. The molecule has 0 aliphatic rings. The van der Waals surface area contributed by atoms with Gasteiger partial charge >= 0.3 is 5.97 Å². The van der Waals surface area contributed by atoms with Crippen molar-refractivity contribution in [1.29, 1.82) is 0 Å². The Hall–Kier alpha value is -1.66. The molecular formula is C18H22O4S2. The van der Waals surface area contributed by atoms with E-state index in [1.807, 2.05) is 33.8 Å². The maximum absolute atomic E-state index is 12.8. The number of aryl methyl sites for hydroxylation is 2. The monoisotopic (exact) mass is 366 g/mol. The fourth-order valence-electron chi connectivity index (χ4n) is 2.52. The summed E-state index contributed by atoms with van der Waals surface area (Å²) in [7, 11) is -3.61. The van der Waals surface area contributed by atoms with Gasteiger partial charge in [0.25, 0.3) is 0 Å². The summed E-state index contributed by atoms with van der Waals surface area (Å²) in [6.07, 6.45) is 0. The van der Waals surface area contributed by atoms with Crippen LogP contribution in [0.15, 0.2) is 29.2 Å². The molecule has 1 N–H and O–H groups in total. The van der Waals surface area contributed by atoms with Crippen molar-refractivity contribution >= 4 is 27.1 Å². The molecule has 0 aliphatic carbocycles. The highest BCUT2D eigenvalue weighted by Crippen LogP contribution is 2.34. The summed E-state index contributed by atoms with van der Waals surface area (Å²) in [4.78, 5) is 12.7. The van der Waals surface area contributed by atoms with Gasteiger partial charge in [0.1, 0.15) is 4.88 Å². The molecule has 130 valence electrons. The fraction of sp³-hybridized carbons (Fsp3) is 0.389. The summed E-state index contributed by atoms with van der Waals surface area (Å²) < 4.78 is 25.6. The number of carboxylic acids is 1. The molecule has 1 aromatic carbocycles. The smallest absolute Gasteiger partial charge is 0.346 e. The van der Waals surface area contributed by atoms with Crippen molar-refractivity contribution in [1.82, 2.24) is 0 Å². The summed E-state index contributed by atoms with van der Waals surface area (Å²) >= 11 is 1.15. The second-order valence-electron chi connectivity index (χ2n) is 7.05. The number of carbonyl (C=O) groups is 1. The van der Waals surface area contributed by atoms with Crippen LogP contribution in [0.1, 0.15) is 52.0 Å². The van der Waals surface area contributed by atoms with Gasteiger partial charge in [-0.25, -0.2) is 13.2 Å². The van der Waals surface area contributed by atoms with Gasteiger partial charge < -0.3 is 5.11 Å². The van der Waals surface area contributed by atoms with Crippen molar-refractivity contribution in [3.05, 3.63) is 50.7 Å². The van der Waals surface area contributed by atoms with E-state index in [-0.39, 0.29) is 20.9 Å². The molecule has 2 aromatic rings. The van der Waals surface area contributed by atoms with Gasteiger partial charge in [0.2, 0.25) is 0 Å². The Morgan fingerprint density at radius 1 is 1.17 bits per heavy atom. The largest absolute Gasteiger partial charge is 0.477 e. The highest BCUT2D eigenvalue weighted by atomic mass is 32.2. The van der Waals surface area contributed by atoms with Crippen molar-refractivity contribution in [2.45, 2.75) is 50.7 Å². The van der Waals surface area contributed by atoms with Crippen LogP contribution in [-0.2, 0) is 21.0 Å². The van der Waals surface area contributed by atoms with E-state index < -0.39 is 15.8 Å². The van der Waals surface area contributed by atoms with Crippen LogP contribution in [0.25, 0.3) is 0 Å². The second kappa shape index (κ2) is 6.33. The van der Waals surface area contributed by atoms with E-state index in [1.165, 1.54) is 0 Å². The van der Waals surface area contributed by atoms with Crippen molar-refractivity contribution in [3.8, 4) is 0 Å². The maximum atomic E-state index is 12.8. The van der Waals surface area contributed by atoms with E-state index in [0.29, 0.717) is 11.1 Å². The molecule has 0 radical (unpaired) electrons. The van der Waals surface area contributed by atoms with E-state index in [0.717, 1.165) is 21.8 Å². The quantitative estimate of drug-likeness (QED) is 0.874. The van der Waals surface area contributed by atoms with Gasteiger partial charge in [0.15, 0.2) is 9.84 Å². The van der Waals surface area contributed by atoms with Gasteiger partial charge in [-0.2, -0.15) is 0 Å². The van der Waals surface area contributed by atoms with E-state index >= 15 is 0 Å². The lowest BCUT2D eigenvalue weighted by Gasteiger charge is -2.15. The molecule has 0 atom stereocenters. The maximum Gasteiger partial charge on any atom is 0.346 e. The average Bonchev–Trinajstić information content (AvgIpc) is 2.81. The Bertz CT molecular complexity index is 884. The number of rotatable bonds is 4. The minimum absolute atomic E-state index is 0.105. The van der Waals surface area contributed by atoms with Crippen LogP contribution in [0.4, 0.5) is 0 Å². The van der Waals surface area contributed by atoms with Gasteiger partial charge in [-0.3, -0.25) is 0 Å². The van der Waals surface area contributed by atoms with Crippen molar-refractivity contribution in [3.63, 3.8) is 0 Å². The highest BCUT2D eigenvalue weighted by Gasteiger charge is 2.27. The molecule has 4 nitrogen and oxygen atoms in total. The molecule has 1 heterocycles. The summed E-state index contributed by atoms with van der Waals surface area (Å²) in [6.45, 7) is 9.60. The van der Waals surface area contributed by atoms with Crippen LogP contribution in [0.3, 0.4) is 0 Å². The minimum Gasteiger partial charge on any atom is -0.477 e. The van der Waals surface area contributed by atoms with E-state index in [4.69, 9.17) is 0 Å². The molecule has 1 aromatic heterocycles. The van der Waals surface area contributed by atoms with Gasteiger partial charge in [0, 0.05) is 4.88 Å². The van der Waals surface area contributed by atoms with Crippen LogP contribution in [0.5, 0.6) is 0 Å². The zero-order valence-electron chi connectivity index (χ0n) is 14.5. The lowest BCUT2D eigenvalue weighted by Crippen LogP contribution is -2.10. The SMILES string of the molecule is Cc1ccc(S(=O)(=O)Cc2cc(C(C)(C)C)sc2C(=O)O)c(C)c1. The van der Waals surface area contributed by atoms with Crippen molar-refractivity contribution < 1.29 is 18.3 Å². The number of thiophene rings is 1. The van der Waals surface area contributed by atoms with Crippen LogP contribution in [0.2, 0.25) is 0 Å².